The summed E-state index contributed by atoms with van der Waals surface area (Å²) in [6, 6.07) is 2.77. The summed E-state index contributed by atoms with van der Waals surface area (Å²) in [5.74, 6) is -1.06. The molecule has 0 radical (unpaired) electrons. The van der Waals surface area contributed by atoms with Crippen LogP contribution in [0.2, 0.25) is 0 Å². The predicted molar refractivity (Wildman–Crippen MR) is 107 cm³/mol. The zero-order chi connectivity index (χ0) is 20.9. The number of aliphatic hydroxyl groups is 1. The van der Waals surface area contributed by atoms with E-state index >= 15 is 0 Å². The Bertz CT molecular complexity index is 1290. The molecule has 29 heavy (non-hydrogen) atoms. The van der Waals surface area contributed by atoms with Crippen LogP contribution in [-0.4, -0.2) is 43.1 Å². The highest BCUT2D eigenvalue weighted by Crippen LogP contribution is 2.29. The molecule has 0 saturated carbocycles. The van der Waals surface area contributed by atoms with Gasteiger partial charge in [0.1, 0.15) is 11.2 Å². The number of hydrogen-bond acceptors (Lipinski definition) is 7. The SMILES string of the molecule is Cc1coc2cc3oc(=O)c(CCC(=O)N[C@@H]4CS(=O)(=O)C[C@H]4O)c(C)c3cc12. The third-order valence-electron chi connectivity index (χ3n) is 5.45. The van der Waals surface area contributed by atoms with Crippen LogP contribution in [0.25, 0.3) is 21.9 Å². The number of benzene rings is 1. The van der Waals surface area contributed by atoms with Crippen molar-refractivity contribution in [3.8, 4) is 0 Å². The number of sulfone groups is 1. The number of carbonyl (C=O) groups is 1. The molecule has 2 aromatic heterocycles. The van der Waals surface area contributed by atoms with Crippen LogP contribution in [-0.2, 0) is 21.1 Å². The van der Waals surface area contributed by atoms with Crippen LogP contribution in [0.5, 0.6) is 0 Å². The van der Waals surface area contributed by atoms with Gasteiger partial charge in [-0.15, -0.1) is 0 Å². The Hall–Kier alpha value is -2.65. The van der Waals surface area contributed by atoms with Gasteiger partial charge in [0.2, 0.25) is 5.91 Å². The first-order chi connectivity index (χ1) is 13.6. The maximum Gasteiger partial charge on any atom is 0.339 e. The van der Waals surface area contributed by atoms with Crippen LogP contribution in [0.15, 0.2) is 32.0 Å². The fraction of sp³-hybridized carbons (Fsp3) is 0.400. The van der Waals surface area contributed by atoms with Crippen molar-refractivity contribution in [1.82, 2.24) is 5.32 Å². The second-order valence-electron chi connectivity index (χ2n) is 7.57. The molecule has 1 amide bonds. The zero-order valence-electron chi connectivity index (χ0n) is 16.0. The Morgan fingerprint density at radius 1 is 1.21 bits per heavy atom. The lowest BCUT2D eigenvalue weighted by atomic mass is 10.0. The van der Waals surface area contributed by atoms with Crippen molar-refractivity contribution in [2.45, 2.75) is 38.8 Å². The Balaban J connectivity index is 1.56. The minimum Gasteiger partial charge on any atom is -0.464 e. The average molecular weight is 419 g/mol. The number of fused-ring (bicyclic) bond motifs is 2. The van der Waals surface area contributed by atoms with E-state index in [2.05, 4.69) is 5.32 Å². The number of nitrogens with one attached hydrogen (secondary N) is 1. The molecule has 0 unspecified atom stereocenters. The monoisotopic (exact) mass is 419 g/mol. The zero-order valence-corrected chi connectivity index (χ0v) is 16.8. The summed E-state index contributed by atoms with van der Waals surface area (Å²) in [7, 11) is -3.35. The van der Waals surface area contributed by atoms with Gasteiger partial charge in [0.05, 0.1) is 29.9 Å². The Morgan fingerprint density at radius 2 is 1.97 bits per heavy atom. The summed E-state index contributed by atoms with van der Waals surface area (Å²) >= 11 is 0. The van der Waals surface area contributed by atoms with Gasteiger partial charge in [-0.3, -0.25) is 4.79 Å². The van der Waals surface area contributed by atoms with Crippen molar-refractivity contribution in [3.05, 3.63) is 45.5 Å². The lowest BCUT2D eigenvalue weighted by Crippen LogP contribution is -2.42. The molecule has 9 heteroatoms. The lowest BCUT2D eigenvalue weighted by molar-refractivity contribution is -0.122. The quantitative estimate of drug-likeness (QED) is 0.611. The second-order valence-corrected chi connectivity index (χ2v) is 9.73. The van der Waals surface area contributed by atoms with Gasteiger partial charge in [0.25, 0.3) is 0 Å². The highest BCUT2D eigenvalue weighted by Gasteiger charge is 2.37. The topological polar surface area (TPSA) is 127 Å². The van der Waals surface area contributed by atoms with Crippen molar-refractivity contribution in [3.63, 3.8) is 0 Å². The van der Waals surface area contributed by atoms with Crippen LogP contribution in [0.3, 0.4) is 0 Å². The van der Waals surface area contributed by atoms with Gasteiger partial charge in [0.15, 0.2) is 9.84 Å². The molecule has 1 saturated heterocycles. The fourth-order valence-electron chi connectivity index (χ4n) is 3.81. The molecule has 0 bridgehead atoms. The van der Waals surface area contributed by atoms with Crippen molar-refractivity contribution < 1.29 is 27.2 Å². The molecule has 0 spiro atoms. The van der Waals surface area contributed by atoms with Gasteiger partial charge in [0, 0.05) is 28.8 Å². The summed E-state index contributed by atoms with van der Waals surface area (Å²) in [4.78, 5) is 24.7. The number of carbonyl (C=O) groups excluding carboxylic acids is 1. The van der Waals surface area contributed by atoms with Gasteiger partial charge < -0.3 is 19.3 Å². The molecule has 8 nitrogen and oxygen atoms in total. The lowest BCUT2D eigenvalue weighted by Gasteiger charge is -2.15. The van der Waals surface area contributed by atoms with E-state index in [1.54, 1.807) is 19.3 Å². The molecule has 3 aromatic rings. The highest BCUT2D eigenvalue weighted by atomic mass is 32.2. The van der Waals surface area contributed by atoms with Gasteiger partial charge in [-0.2, -0.15) is 0 Å². The maximum absolute atomic E-state index is 12.4. The molecular weight excluding hydrogens is 398 g/mol. The fourth-order valence-corrected chi connectivity index (χ4v) is 5.55. The van der Waals surface area contributed by atoms with Crippen molar-refractivity contribution in [2.75, 3.05) is 11.5 Å². The third-order valence-corrected chi connectivity index (χ3v) is 7.16. The van der Waals surface area contributed by atoms with Gasteiger partial charge in [-0.05, 0) is 37.5 Å². The number of aryl methyl sites for hydroxylation is 2. The van der Waals surface area contributed by atoms with E-state index in [1.807, 2.05) is 13.0 Å². The number of hydrogen-bond donors (Lipinski definition) is 2. The predicted octanol–water partition coefficient (Wildman–Crippen LogP) is 1.36. The summed E-state index contributed by atoms with van der Waals surface area (Å²) in [6.07, 6.45) is 0.651. The molecule has 154 valence electrons. The average Bonchev–Trinajstić information content (AvgIpc) is 3.11. The van der Waals surface area contributed by atoms with E-state index in [0.717, 1.165) is 21.9 Å². The second kappa shape index (κ2) is 7.00. The summed E-state index contributed by atoms with van der Waals surface area (Å²) in [6.45, 7) is 3.73. The number of furan rings is 1. The minimum atomic E-state index is -3.35. The van der Waals surface area contributed by atoms with Gasteiger partial charge in [-0.1, -0.05) is 0 Å². The first-order valence-electron chi connectivity index (χ1n) is 9.26. The molecular formula is C20H21NO7S. The minimum absolute atomic E-state index is 0.0205. The summed E-state index contributed by atoms with van der Waals surface area (Å²) < 4.78 is 34.0. The van der Waals surface area contributed by atoms with E-state index in [-0.39, 0.29) is 24.3 Å². The number of amides is 1. The standard InChI is InChI=1S/C20H21NO7S/c1-10-7-27-17-6-18-14(5-13(10)17)11(2)12(20(24)28-18)3-4-19(23)21-15-8-29(25,26)9-16(15)22/h5-7,15-16,22H,3-4,8-9H2,1-2H3,(H,21,23)/t15-,16-/m1/s1. The summed E-state index contributed by atoms with van der Waals surface area (Å²) in [5, 5.41) is 14.0. The first-order valence-corrected chi connectivity index (χ1v) is 11.1. The van der Waals surface area contributed by atoms with E-state index in [1.165, 1.54) is 0 Å². The molecule has 1 aliphatic heterocycles. The highest BCUT2D eigenvalue weighted by molar-refractivity contribution is 7.91. The van der Waals surface area contributed by atoms with E-state index in [4.69, 9.17) is 8.83 Å². The van der Waals surface area contributed by atoms with Crippen molar-refractivity contribution in [1.29, 1.82) is 0 Å². The van der Waals surface area contributed by atoms with E-state index in [9.17, 15) is 23.1 Å². The smallest absolute Gasteiger partial charge is 0.339 e. The molecule has 4 rings (SSSR count). The van der Waals surface area contributed by atoms with Crippen LogP contribution < -0.4 is 10.9 Å². The number of rotatable bonds is 4. The van der Waals surface area contributed by atoms with Gasteiger partial charge >= 0.3 is 5.63 Å². The van der Waals surface area contributed by atoms with E-state index in [0.29, 0.717) is 16.7 Å². The largest absolute Gasteiger partial charge is 0.464 e. The van der Waals surface area contributed by atoms with Crippen LogP contribution in [0.1, 0.15) is 23.1 Å². The van der Waals surface area contributed by atoms with Crippen LogP contribution >= 0.6 is 0 Å². The maximum atomic E-state index is 12.4. The Morgan fingerprint density at radius 3 is 2.66 bits per heavy atom. The summed E-state index contributed by atoms with van der Waals surface area (Å²) in [5.41, 5.74) is 2.63. The van der Waals surface area contributed by atoms with Gasteiger partial charge in [-0.25, -0.2) is 13.2 Å². The van der Waals surface area contributed by atoms with E-state index < -0.39 is 33.5 Å². The first kappa shape index (κ1) is 19.7. The molecule has 2 N–H and O–H groups in total. The molecule has 1 aliphatic rings. The molecule has 0 aliphatic carbocycles. The Labute approximate surface area is 166 Å². The third kappa shape index (κ3) is 3.67. The van der Waals surface area contributed by atoms with Crippen LogP contribution in [0.4, 0.5) is 0 Å². The molecule has 1 fully saturated rings. The molecule has 3 heterocycles. The molecule has 1 aromatic carbocycles. The normalized spacial score (nSPS) is 21.1. The van der Waals surface area contributed by atoms with Crippen molar-refractivity contribution >= 4 is 37.7 Å². The van der Waals surface area contributed by atoms with Crippen molar-refractivity contribution in [2.24, 2.45) is 0 Å². The number of aliphatic hydroxyl groups excluding tert-OH is 1. The molecule has 2 atom stereocenters. The Kier molecular flexibility index (Phi) is 4.74. The van der Waals surface area contributed by atoms with Crippen LogP contribution in [0, 0.1) is 13.8 Å².